The van der Waals surface area contributed by atoms with E-state index in [1.54, 1.807) is 31.2 Å². The van der Waals surface area contributed by atoms with Crippen LogP contribution >= 0.6 is 11.6 Å². The van der Waals surface area contributed by atoms with Gasteiger partial charge in [-0.1, -0.05) is 41.9 Å². The first-order chi connectivity index (χ1) is 16.8. The Bertz CT molecular complexity index is 1270. The van der Waals surface area contributed by atoms with Gasteiger partial charge in [0.15, 0.2) is 0 Å². The number of ether oxygens (including phenoxy) is 2. The molecule has 1 N–H and O–H groups in total. The largest absolute Gasteiger partial charge is 0.493 e. The second-order valence-corrected chi connectivity index (χ2v) is 8.84. The molecule has 0 bridgehead atoms. The van der Waals surface area contributed by atoms with Crippen molar-refractivity contribution in [2.45, 2.75) is 32.3 Å². The Balaban J connectivity index is 1.34. The Morgan fingerprint density at radius 1 is 1.00 bits per heavy atom. The average molecular weight is 492 g/mol. The first-order valence-electron chi connectivity index (χ1n) is 11.2. The summed E-state index contributed by atoms with van der Waals surface area (Å²) in [7, 11) is 0. The maximum absolute atomic E-state index is 12.0. The summed E-state index contributed by atoms with van der Waals surface area (Å²) in [5, 5.41) is 10.4. The van der Waals surface area contributed by atoms with Gasteiger partial charge in [-0.15, -0.1) is 0 Å². The highest BCUT2D eigenvalue weighted by molar-refractivity contribution is 6.30. The predicted octanol–water partition coefficient (Wildman–Crippen LogP) is 6.39. The third-order valence-electron chi connectivity index (χ3n) is 5.59. The van der Waals surface area contributed by atoms with E-state index in [-0.39, 0.29) is 6.42 Å². The molecular formula is C28H26ClNO5. The van der Waals surface area contributed by atoms with Crippen LogP contribution in [-0.4, -0.2) is 28.3 Å². The van der Waals surface area contributed by atoms with Crippen LogP contribution in [-0.2, 0) is 17.6 Å². The van der Waals surface area contributed by atoms with E-state index in [0.717, 1.165) is 22.6 Å². The minimum absolute atomic E-state index is 0.186. The maximum Gasteiger partial charge on any atom is 0.348 e. The molecule has 6 nitrogen and oxygen atoms in total. The van der Waals surface area contributed by atoms with Crippen molar-refractivity contribution in [1.29, 1.82) is 0 Å². The van der Waals surface area contributed by atoms with E-state index in [4.69, 9.17) is 25.5 Å². The van der Waals surface area contributed by atoms with E-state index in [9.17, 15) is 9.90 Å². The van der Waals surface area contributed by atoms with Gasteiger partial charge in [0.25, 0.3) is 0 Å². The summed E-state index contributed by atoms with van der Waals surface area (Å²) in [6, 6.07) is 23.7. The van der Waals surface area contributed by atoms with Crippen LogP contribution < -0.4 is 9.47 Å². The van der Waals surface area contributed by atoms with E-state index in [1.807, 2.05) is 61.5 Å². The Kier molecular flexibility index (Phi) is 7.42. The number of benzene rings is 3. The van der Waals surface area contributed by atoms with Gasteiger partial charge in [-0.25, -0.2) is 9.78 Å². The normalized spacial score (nSPS) is 12.7. The van der Waals surface area contributed by atoms with Gasteiger partial charge >= 0.3 is 5.97 Å². The topological polar surface area (TPSA) is 81.8 Å². The van der Waals surface area contributed by atoms with Crippen LogP contribution in [0.5, 0.6) is 11.5 Å². The van der Waals surface area contributed by atoms with Crippen LogP contribution in [0.25, 0.3) is 11.5 Å². The molecule has 0 aliphatic carbocycles. The fourth-order valence-corrected chi connectivity index (χ4v) is 3.77. The van der Waals surface area contributed by atoms with E-state index < -0.39 is 11.6 Å². The summed E-state index contributed by atoms with van der Waals surface area (Å²) in [5.74, 6) is 1.46. The lowest BCUT2D eigenvalue weighted by atomic mass is 9.96. The van der Waals surface area contributed by atoms with Crippen LogP contribution in [0, 0.1) is 6.92 Å². The number of rotatable bonds is 10. The van der Waals surface area contributed by atoms with Crippen LogP contribution in [0.15, 0.2) is 83.3 Å². The lowest BCUT2D eigenvalue weighted by Crippen LogP contribution is -2.43. The minimum atomic E-state index is -1.43. The molecule has 0 radical (unpaired) electrons. The standard InChI is InChI=1S/C28H26ClNO5/c1-19-25(30-26(34-19)21-6-4-3-5-7-21)16-17-33-23-12-8-20(9-13-23)18-28(2,27(31)32)35-24-14-10-22(29)11-15-24/h3-15H,16-18H2,1-2H3,(H,31,32). The SMILES string of the molecule is Cc1oc(-c2ccccc2)nc1CCOc1ccc(CC(C)(Oc2ccc(Cl)cc2)C(=O)O)cc1. The molecule has 1 atom stereocenters. The second-order valence-electron chi connectivity index (χ2n) is 8.40. The van der Waals surface area contributed by atoms with Crippen molar-refractivity contribution in [3.05, 3.63) is 101 Å². The number of halogens is 1. The Morgan fingerprint density at radius 2 is 1.66 bits per heavy atom. The number of carboxylic acid groups (broad SMARTS) is 1. The number of carboxylic acids is 1. The number of nitrogens with zero attached hydrogens (tertiary/aromatic N) is 1. The molecule has 0 saturated heterocycles. The van der Waals surface area contributed by atoms with Gasteiger partial charge in [-0.3, -0.25) is 0 Å². The molecule has 4 aromatic rings. The summed E-state index contributed by atoms with van der Waals surface area (Å²) >= 11 is 5.90. The third-order valence-corrected chi connectivity index (χ3v) is 5.85. The quantitative estimate of drug-likeness (QED) is 0.277. The van der Waals surface area contributed by atoms with Gasteiger partial charge in [-0.05, 0) is 67.9 Å². The smallest absolute Gasteiger partial charge is 0.348 e. The fraction of sp³-hybridized carbons (Fsp3) is 0.214. The number of hydrogen-bond donors (Lipinski definition) is 1. The highest BCUT2D eigenvalue weighted by atomic mass is 35.5. The molecular weight excluding hydrogens is 466 g/mol. The highest BCUT2D eigenvalue weighted by Crippen LogP contribution is 2.26. The molecule has 0 spiro atoms. The van der Waals surface area contributed by atoms with Crippen molar-refractivity contribution in [2.75, 3.05) is 6.61 Å². The van der Waals surface area contributed by atoms with Crippen LogP contribution in [0.3, 0.4) is 0 Å². The maximum atomic E-state index is 12.0. The molecule has 3 aromatic carbocycles. The van der Waals surface area contributed by atoms with Crippen molar-refractivity contribution in [3.8, 4) is 23.0 Å². The molecule has 4 rings (SSSR count). The summed E-state index contributed by atoms with van der Waals surface area (Å²) in [6.07, 6.45) is 0.793. The number of aliphatic carboxylic acids is 1. The fourth-order valence-electron chi connectivity index (χ4n) is 3.64. The van der Waals surface area contributed by atoms with Gasteiger partial charge in [0, 0.05) is 23.4 Å². The predicted molar refractivity (Wildman–Crippen MR) is 134 cm³/mol. The number of hydrogen-bond acceptors (Lipinski definition) is 5. The zero-order valence-electron chi connectivity index (χ0n) is 19.5. The molecule has 0 saturated carbocycles. The molecule has 1 unspecified atom stereocenters. The van der Waals surface area contributed by atoms with E-state index >= 15 is 0 Å². The molecule has 35 heavy (non-hydrogen) atoms. The molecule has 180 valence electrons. The molecule has 7 heteroatoms. The Hall–Kier alpha value is -3.77. The molecule has 0 amide bonds. The molecule has 1 aromatic heterocycles. The van der Waals surface area contributed by atoms with Gasteiger partial charge < -0.3 is 19.0 Å². The van der Waals surface area contributed by atoms with E-state index in [1.165, 1.54) is 0 Å². The van der Waals surface area contributed by atoms with Crippen LogP contribution in [0.1, 0.15) is 23.9 Å². The van der Waals surface area contributed by atoms with E-state index in [2.05, 4.69) is 4.98 Å². The first-order valence-corrected chi connectivity index (χ1v) is 11.6. The summed E-state index contributed by atoms with van der Waals surface area (Å²) < 4.78 is 17.5. The zero-order chi connectivity index (χ0) is 24.8. The molecule has 1 heterocycles. The summed E-state index contributed by atoms with van der Waals surface area (Å²) in [6.45, 7) is 3.89. The monoisotopic (exact) mass is 491 g/mol. The first kappa shape index (κ1) is 24.4. The number of aromatic nitrogens is 1. The zero-order valence-corrected chi connectivity index (χ0v) is 20.3. The number of carbonyl (C=O) groups is 1. The Morgan fingerprint density at radius 3 is 2.31 bits per heavy atom. The number of oxazole rings is 1. The van der Waals surface area contributed by atoms with E-state index in [0.29, 0.717) is 35.4 Å². The lowest BCUT2D eigenvalue weighted by molar-refractivity contribution is -0.153. The van der Waals surface area contributed by atoms with Crippen molar-refractivity contribution >= 4 is 17.6 Å². The second kappa shape index (κ2) is 10.7. The third kappa shape index (κ3) is 6.22. The van der Waals surface area contributed by atoms with Crippen molar-refractivity contribution < 1.29 is 23.8 Å². The number of aryl methyl sites for hydroxylation is 1. The van der Waals surface area contributed by atoms with Gasteiger partial charge in [0.2, 0.25) is 11.5 Å². The highest BCUT2D eigenvalue weighted by Gasteiger charge is 2.36. The molecule has 0 aliphatic heterocycles. The average Bonchev–Trinajstić information content (AvgIpc) is 3.22. The molecule has 0 fully saturated rings. The van der Waals surface area contributed by atoms with Crippen molar-refractivity contribution in [1.82, 2.24) is 4.98 Å². The van der Waals surface area contributed by atoms with Crippen LogP contribution in [0.2, 0.25) is 5.02 Å². The van der Waals surface area contributed by atoms with Crippen LogP contribution in [0.4, 0.5) is 0 Å². The lowest BCUT2D eigenvalue weighted by Gasteiger charge is -2.26. The summed E-state index contributed by atoms with van der Waals surface area (Å²) in [4.78, 5) is 16.6. The van der Waals surface area contributed by atoms with Gasteiger partial charge in [0.1, 0.15) is 17.3 Å². The van der Waals surface area contributed by atoms with Crippen molar-refractivity contribution in [2.24, 2.45) is 0 Å². The minimum Gasteiger partial charge on any atom is -0.493 e. The molecule has 0 aliphatic rings. The van der Waals surface area contributed by atoms with Crippen molar-refractivity contribution in [3.63, 3.8) is 0 Å². The Labute approximate surface area is 209 Å². The van der Waals surface area contributed by atoms with Gasteiger partial charge in [-0.2, -0.15) is 0 Å². The van der Waals surface area contributed by atoms with Gasteiger partial charge in [0.05, 0.1) is 12.3 Å². The summed E-state index contributed by atoms with van der Waals surface area (Å²) in [5.41, 5.74) is 1.18.